The number of carbonyl (C=O) groups excluding carboxylic acids is 1. The molecule has 0 bridgehead atoms. The van der Waals surface area contributed by atoms with E-state index in [-0.39, 0.29) is 24.1 Å². The van der Waals surface area contributed by atoms with Gasteiger partial charge in [0.25, 0.3) is 5.91 Å². The van der Waals surface area contributed by atoms with Crippen molar-refractivity contribution in [1.82, 2.24) is 20.1 Å². The largest absolute Gasteiger partial charge is 0.493 e. The molecular formula is C29H27FN4O3. The molecule has 0 saturated carbocycles. The zero-order valence-corrected chi connectivity index (χ0v) is 20.8. The predicted octanol–water partition coefficient (Wildman–Crippen LogP) is 5.38. The van der Waals surface area contributed by atoms with Gasteiger partial charge in [0.05, 0.1) is 31.7 Å². The van der Waals surface area contributed by atoms with Crippen molar-refractivity contribution < 1.29 is 18.7 Å². The van der Waals surface area contributed by atoms with Gasteiger partial charge in [-0.2, -0.15) is 5.10 Å². The van der Waals surface area contributed by atoms with Crippen LogP contribution in [0.4, 0.5) is 4.39 Å². The topological polar surface area (TPSA) is 81.2 Å². The van der Waals surface area contributed by atoms with Gasteiger partial charge in [-0.1, -0.05) is 42.5 Å². The van der Waals surface area contributed by atoms with Crippen molar-refractivity contribution in [2.24, 2.45) is 0 Å². The number of ether oxygens (including phenoxy) is 2. The van der Waals surface area contributed by atoms with Crippen LogP contribution in [0.2, 0.25) is 0 Å². The summed E-state index contributed by atoms with van der Waals surface area (Å²) in [5.41, 5.74) is 4.10. The quantitative estimate of drug-likeness (QED) is 0.301. The Morgan fingerprint density at radius 2 is 1.81 bits per heavy atom. The van der Waals surface area contributed by atoms with Crippen molar-refractivity contribution in [2.75, 3.05) is 20.8 Å². The van der Waals surface area contributed by atoms with Gasteiger partial charge in [-0.3, -0.25) is 4.79 Å². The molecule has 0 saturated heterocycles. The molecule has 0 aliphatic rings. The van der Waals surface area contributed by atoms with Crippen molar-refractivity contribution >= 4 is 16.8 Å². The summed E-state index contributed by atoms with van der Waals surface area (Å²) >= 11 is 0. The van der Waals surface area contributed by atoms with Crippen molar-refractivity contribution in [2.45, 2.75) is 12.8 Å². The zero-order valence-electron chi connectivity index (χ0n) is 20.8. The number of benzene rings is 3. The molecule has 1 atom stereocenters. The Morgan fingerprint density at radius 1 is 1.03 bits per heavy atom. The van der Waals surface area contributed by atoms with Crippen LogP contribution in [0.5, 0.6) is 11.5 Å². The molecule has 5 aromatic rings. The van der Waals surface area contributed by atoms with Crippen LogP contribution in [0.25, 0.3) is 16.6 Å². The smallest absolute Gasteiger partial charge is 0.254 e. The van der Waals surface area contributed by atoms with E-state index < -0.39 is 5.82 Å². The molecule has 8 heteroatoms. The third-order valence-corrected chi connectivity index (χ3v) is 6.61. The fourth-order valence-electron chi connectivity index (χ4n) is 4.74. The number of H-pyrrole nitrogens is 1. The predicted molar refractivity (Wildman–Crippen MR) is 140 cm³/mol. The molecule has 0 aliphatic heterocycles. The first-order valence-electron chi connectivity index (χ1n) is 11.9. The number of carbonyl (C=O) groups is 1. The van der Waals surface area contributed by atoms with Crippen LogP contribution in [0.1, 0.15) is 33.1 Å². The Balaban J connectivity index is 1.50. The number of aromatic amines is 1. The van der Waals surface area contributed by atoms with Crippen molar-refractivity contribution in [3.8, 4) is 17.2 Å². The minimum absolute atomic E-state index is 0.243. The van der Waals surface area contributed by atoms with Gasteiger partial charge < -0.3 is 19.8 Å². The first-order chi connectivity index (χ1) is 18.0. The number of methoxy groups -OCH3 is 2. The number of hydrogen-bond acceptors (Lipinski definition) is 4. The van der Waals surface area contributed by atoms with Crippen molar-refractivity contribution in [1.29, 1.82) is 0 Å². The highest BCUT2D eigenvalue weighted by molar-refractivity contribution is 5.95. The molecule has 5 rings (SSSR count). The van der Waals surface area contributed by atoms with E-state index >= 15 is 0 Å². The van der Waals surface area contributed by atoms with Crippen LogP contribution in [-0.2, 0) is 0 Å². The Kier molecular flexibility index (Phi) is 6.64. The summed E-state index contributed by atoms with van der Waals surface area (Å²) in [6, 6.07) is 20.1. The molecule has 0 fully saturated rings. The number of rotatable bonds is 8. The highest BCUT2D eigenvalue weighted by Crippen LogP contribution is 2.40. The van der Waals surface area contributed by atoms with Gasteiger partial charge in [0.2, 0.25) is 0 Å². The molecule has 2 aromatic heterocycles. The number of aromatic nitrogens is 3. The molecule has 0 radical (unpaired) electrons. The summed E-state index contributed by atoms with van der Waals surface area (Å²) in [4.78, 5) is 16.6. The second-order valence-corrected chi connectivity index (χ2v) is 8.64. The summed E-state index contributed by atoms with van der Waals surface area (Å²) in [6.07, 6.45) is 3.42. The van der Waals surface area contributed by atoms with Gasteiger partial charge in [0.15, 0.2) is 11.5 Å². The fraction of sp³-hybridized carbons (Fsp3) is 0.172. The number of halogens is 1. The maximum absolute atomic E-state index is 14.3. The summed E-state index contributed by atoms with van der Waals surface area (Å²) < 4.78 is 27.0. The van der Waals surface area contributed by atoms with Gasteiger partial charge in [0, 0.05) is 35.1 Å². The van der Waals surface area contributed by atoms with E-state index in [1.807, 2.05) is 48.7 Å². The summed E-state index contributed by atoms with van der Waals surface area (Å²) in [5.74, 6) is 0.264. The maximum atomic E-state index is 14.3. The number of para-hydroxylation sites is 3. The van der Waals surface area contributed by atoms with E-state index in [1.54, 1.807) is 39.3 Å². The van der Waals surface area contributed by atoms with E-state index in [4.69, 9.17) is 9.47 Å². The van der Waals surface area contributed by atoms with Crippen LogP contribution >= 0.6 is 0 Å². The van der Waals surface area contributed by atoms with Gasteiger partial charge >= 0.3 is 0 Å². The molecule has 1 amide bonds. The van der Waals surface area contributed by atoms with Gasteiger partial charge in [-0.25, -0.2) is 9.07 Å². The Labute approximate surface area is 213 Å². The zero-order chi connectivity index (χ0) is 25.9. The number of fused-ring (bicyclic) bond motifs is 1. The molecule has 2 N–H and O–H groups in total. The lowest BCUT2D eigenvalue weighted by atomic mass is 9.89. The molecule has 0 spiro atoms. The van der Waals surface area contributed by atoms with E-state index in [0.29, 0.717) is 22.8 Å². The molecule has 3 aromatic carbocycles. The van der Waals surface area contributed by atoms with E-state index in [1.165, 1.54) is 16.9 Å². The average molecular weight is 499 g/mol. The molecule has 188 valence electrons. The standard InChI is InChI=1S/C29H27FN4O3/c1-18-21(17-33-34(18)26-13-7-5-11-24(26)30)29(35)32-16-23(20-10-8-14-27(36-2)28(20)37-3)22-15-31-25-12-6-4-9-19(22)25/h4-15,17,23,31H,16H2,1-3H3,(H,32,35). The minimum atomic E-state index is -0.412. The van der Waals surface area contributed by atoms with Crippen LogP contribution in [-0.4, -0.2) is 41.4 Å². The summed E-state index contributed by atoms with van der Waals surface area (Å²) in [5, 5.41) is 8.38. The molecule has 0 aliphatic carbocycles. The van der Waals surface area contributed by atoms with E-state index in [0.717, 1.165) is 22.0 Å². The van der Waals surface area contributed by atoms with Crippen molar-refractivity contribution in [3.05, 3.63) is 107 Å². The summed E-state index contributed by atoms with van der Waals surface area (Å²) in [7, 11) is 3.20. The molecule has 1 unspecified atom stereocenters. The van der Waals surface area contributed by atoms with Crippen molar-refractivity contribution in [3.63, 3.8) is 0 Å². The first-order valence-corrected chi connectivity index (χ1v) is 11.9. The lowest BCUT2D eigenvalue weighted by molar-refractivity contribution is 0.0951. The Morgan fingerprint density at radius 3 is 2.59 bits per heavy atom. The van der Waals surface area contributed by atoms with E-state index in [2.05, 4.69) is 15.4 Å². The number of nitrogens with zero attached hydrogens (tertiary/aromatic N) is 2. The Bertz CT molecular complexity index is 1570. The van der Waals surface area contributed by atoms with Crippen LogP contribution in [0.3, 0.4) is 0 Å². The normalized spacial score (nSPS) is 11.9. The molecular weight excluding hydrogens is 471 g/mol. The summed E-state index contributed by atoms with van der Waals surface area (Å²) in [6.45, 7) is 2.03. The fourth-order valence-corrected chi connectivity index (χ4v) is 4.74. The third kappa shape index (κ3) is 4.42. The van der Waals surface area contributed by atoms with E-state index in [9.17, 15) is 9.18 Å². The SMILES string of the molecule is COc1cccc(C(CNC(=O)c2cnn(-c3ccccc3F)c2C)c2c[nH]c3ccccc23)c1OC. The van der Waals surface area contributed by atoms with Crippen LogP contribution in [0.15, 0.2) is 79.1 Å². The lowest BCUT2D eigenvalue weighted by Crippen LogP contribution is -2.29. The first kappa shape index (κ1) is 24.1. The third-order valence-electron chi connectivity index (χ3n) is 6.61. The second-order valence-electron chi connectivity index (χ2n) is 8.64. The number of nitrogens with one attached hydrogen (secondary N) is 2. The number of hydrogen-bond donors (Lipinski definition) is 2. The number of amides is 1. The Hall–Kier alpha value is -4.59. The molecule has 7 nitrogen and oxygen atoms in total. The second kappa shape index (κ2) is 10.2. The van der Waals surface area contributed by atoms with Gasteiger partial charge in [-0.15, -0.1) is 0 Å². The van der Waals surface area contributed by atoms with Crippen LogP contribution in [0, 0.1) is 12.7 Å². The van der Waals surface area contributed by atoms with Gasteiger partial charge in [-0.05, 0) is 36.8 Å². The monoisotopic (exact) mass is 498 g/mol. The molecule has 37 heavy (non-hydrogen) atoms. The minimum Gasteiger partial charge on any atom is -0.493 e. The van der Waals surface area contributed by atoms with Crippen LogP contribution < -0.4 is 14.8 Å². The van der Waals surface area contributed by atoms with Gasteiger partial charge in [0.1, 0.15) is 11.5 Å². The maximum Gasteiger partial charge on any atom is 0.254 e. The molecule has 2 heterocycles. The highest BCUT2D eigenvalue weighted by atomic mass is 19.1. The lowest BCUT2D eigenvalue weighted by Gasteiger charge is -2.22. The highest BCUT2D eigenvalue weighted by Gasteiger charge is 2.25. The average Bonchev–Trinajstić information content (AvgIpc) is 3.52.